The minimum absolute atomic E-state index is 0.114. The predicted octanol–water partition coefficient (Wildman–Crippen LogP) is 3.86. The highest BCUT2D eigenvalue weighted by molar-refractivity contribution is 7.99. The monoisotopic (exact) mass is 411 g/mol. The highest BCUT2D eigenvalue weighted by atomic mass is 32.2. The van der Waals surface area contributed by atoms with Gasteiger partial charge in [-0.05, 0) is 36.8 Å². The van der Waals surface area contributed by atoms with Crippen LogP contribution in [0, 0.1) is 6.92 Å². The number of hydrogen-bond acceptors (Lipinski definition) is 7. The van der Waals surface area contributed by atoms with Crippen LogP contribution in [0.25, 0.3) is 0 Å². The van der Waals surface area contributed by atoms with Gasteiger partial charge in [-0.25, -0.2) is 0 Å². The molecule has 2 heterocycles. The van der Waals surface area contributed by atoms with Crippen molar-refractivity contribution < 1.29 is 18.7 Å². The number of nitrogens with one attached hydrogen (secondary N) is 1. The van der Waals surface area contributed by atoms with Gasteiger partial charge in [0, 0.05) is 17.1 Å². The third-order valence-corrected chi connectivity index (χ3v) is 5.31. The normalized spacial score (nSPS) is 12.6. The first kappa shape index (κ1) is 19.3. The number of anilines is 1. The SMILES string of the molecule is Cc1ccc(SCCC(=O)Nc2nnc(Cc3ccc4c(c3)OCCO4)o2)cc1. The summed E-state index contributed by atoms with van der Waals surface area (Å²) < 4.78 is 16.6. The largest absolute Gasteiger partial charge is 0.486 e. The van der Waals surface area contributed by atoms with E-state index >= 15 is 0 Å². The van der Waals surface area contributed by atoms with Crippen LogP contribution >= 0.6 is 11.8 Å². The van der Waals surface area contributed by atoms with E-state index in [1.165, 1.54) is 5.56 Å². The molecule has 0 saturated carbocycles. The lowest BCUT2D eigenvalue weighted by Gasteiger charge is -2.18. The van der Waals surface area contributed by atoms with E-state index < -0.39 is 0 Å². The van der Waals surface area contributed by atoms with Gasteiger partial charge in [-0.15, -0.1) is 16.9 Å². The topological polar surface area (TPSA) is 86.5 Å². The molecule has 0 bridgehead atoms. The lowest BCUT2D eigenvalue weighted by atomic mass is 10.1. The number of aryl methyl sites for hydroxylation is 1. The zero-order valence-electron chi connectivity index (χ0n) is 16.0. The van der Waals surface area contributed by atoms with Crippen molar-refractivity contribution in [1.82, 2.24) is 10.2 Å². The van der Waals surface area contributed by atoms with Gasteiger partial charge in [0.2, 0.25) is 11.8 Å². The molecular weight excluding hydrogens is 390 g/mol. The molecule has 0 radical (unpaired) electrons. The van der Waals surface area contributed by atoms with Crippen LogP contribution in [0.15, 0.2) is 51.8 Å². The van der Waals surface area contributed by atoms with Gasteiger partial charge < -0.3 is 13.9 Å². The minimum atomic E-state index is -0.154. The molecule has 1 amide bonds. The molecule has 4 rings (SSSR count). The highest BCUT2D eigenvalue weighted by Crippen LogP contribution is 2.31. The quantitative estimate of drug-likeness (QED) is 0.591. The maximum Gasteiger partial charge on any atom is 0.322 e. The molecule has 8 heteroatoms. The number of rotatable bonds is 7. The predicted molar refractivity (Wildman–Crippen MR) is 110 cm³/mol. The molecule has 150 valence electrons. The standard InChI is InChI=1S/C21H21N3O4S/c1-14-2-5-16(6-3-14)29-11-8-19(25)22-21-24-23-20(28-21)13-15-4-7-17-18(12-15)27-10-9-26-17/h2-7,12H,8-11,13H2,1H3,(H,22,24,25). The Balaban J connectivity index is 1.26. The first-order valence-corrected chi connectivity index (χ1v) is 10.3. The van der Waals surface area contributed by atoms with Crippen LogP contribution < -0.4 is 14.8 Å². The Morgan fingerprint density at radius 3 is 2.69 bits per heavy atom. The number of ether oxygens (including phenoxy) is 2. The van der Waals surface area contributed by atoms with Gasteiger partial charge in [0.1, 0.15) is 13.2 Å². The van der Waals surface area contributed by atoms with Gasteiger partial charge in [0.05, 0.1) is 6.42 Å². The number of fused-ring (bicyclic) bond motifs is 1. The molecule has 2 aromatic carbocycles. The second-order valence-corrected chi connectivity index (χ2v) is 7.78. The van der Waals surface area contributed by atoms with Crippen LogP contribution in [0.2, 0.25) is 0 Å². The summed E-state index contributed by atoms with van der Waals surface area (Å²) in [5.41, 5.74) is 2.18. The number of benzene rings is 2. The maximum atomic E-state index is 12.1. The number of hydrogen-bond donors (Lipinski definition) is 1. The Morgan fingerprint density at radius 1 is 1.07 bits per heavy atom. The van der Waals surface area contributed by atoms with Gasteiger partial charge >= 0.3 is 6.01 Å². The summed E-state index contributed by atoms with van der Waals surface area (Å²) >= 11 is 1.64. The summed E-state index contributed by atoms with van der Waals surface area (Å²) in [6, 6.07) is 14.0. The Kier molecular flexibility index (Phi) is 6.00. The third-order valence-electron chi connectivity index (χ3n) is 4.29. The van der Waals surface area contributed by atoms with Crippen molar-refractivity contribution >= 4 is 23.7 Å². The van der Waals surface area contributed by atoms with Gasteiger partial charge in [-0.1, -0.05) is 28.9 Å². The fourth-order valence-corrected chi connectivity index (χ4v) is 3.68. The van der Waals surface area contributed by atoms with E-state index in [9.17, 15) is 4.79 Å². The van der Waals surface area contributed by atoms with Crippen molar-refractivity contribution in [3.63, 3.8) is 0 Å². The summed E-state index contributed by atoms with van der Waals surface area (Å²) in [7, 11) is 0. The van der Waals surface area contributed by atoms with E-state index in [1.54, 1.807) is 11.8 Å². The first-order valence-electron chi connectivity index (χ1n) is 9.36. The maximum absolute atomic E-state index is 12.1. The molecule has 0 fully saturated rings. The average Bonchev–Trinajstić information content (AvgIpc) is 3.16. The van der Waals surface area contributed by atoms with Gasteiger partial charge in [-0.3, -0.25) is 10.1 Å². The number of aromatic nitrogens is 2. The van der Waals surface area contributed by atoms with E-state index in [1.807, 2.05) is 25.1 Å². The summed E-state index contributed by atoms with van der Waals surface area (Å²) in [5.74, 6) is 2.40. The molecule has 0 aliphatic carbocycles. The zero-order valence-corrected chi connectivity index (χ0v) is 16.8. The lowest BCUT2D eigenvalue weighted by Crippen LogP contribution is -2.15. The van der Waals surface area contributed by atoms with E-state index in [2.05, 4.69) is 39.8 Å². The molecular formula is C21H21N3O4S. The summed E-state index contributed by atoms with van der Waals surface area (Å²) in [5, 5.41) is 10.6. The van der Waals surface area contributed by atoms with Crippen LogP contribution in [0.3, 0.4) is 0 Å². The molecule has 1 aliphatic rings. The van der Waals surface area contributed by atoms with Crippen molar-refractivity contribution in [3.8, 4) is 11.5 Å². The molecule has 1 N–H and O–H groups in total. The van der Waals surface area contributed by atoms with Gasteiger partial charge in [0.15, 0.2) is 11.5 Å². The Hall–Kier alpha value is -3.00. The van der Waals surface area contributed by atoms with Crippen LogP contribution in [0.5, 0.6) is 11.5 Å². The number of carbonyl (C=O) groups excluding carboxylic acids is 1. The fourth-order valence-electron chi connectivity index (χ4n) is 2.83. The average molecular weight is 411 g/mol. The van der Waals surface area contributed by atoms with Crippen molar-refractivity contribution in [1.29, 1.82) is 0 Å². The molecule has 1 aromatic heterocycles. The zero-order chi connectivity index (χ0) is 20.1. The Morgan fingerprint density at radius 2 is 1.86 bits per heavy atom. The van der Waals surface area contributed by atoms with Crippen LogP contribution in [0.1, 0.15) is 23.4 Å². The molecule has 0 saturated heterocycles. The first-order chi connectivity index (χ1) is 14.2. The number of amides is 1. The molecule has 0 spiro atoms. The van der Waals surface area contributed by atoms with Crippen molar-refractivity contribution in [2.24, 2.45) is 0 Å². The van der Waals surface area contributed by atoms with E-state index in [0.717, 1.165) is 16.2 Å². The lowest BCUT2D eigenvalue weighted by molar-refractivity contribution is -0.115. The second-order valence-electron chi connectivity index (χ2n) is 6.62. The van der Waals surface area contributed by atoms with Crippen LogP contribution in [-0.2, 0) is 11.2 Å². The summed E-state index contributed by atoms with van der Waals surface area (Å²) in [6.07, 6.45) is 0.807. The fraction of sp³-hybridized carbons (Fsp3) is 0.286. The molecule has 0 unspecified atom stereocenters. The molecule has 3 aromatic rings. The smallest absolute Gasteiger partial charge is 0.322 e. The van der Waals surface area contributed by atoms with E-state index in [0.29, 0.717) is 43.4 Å². The molecule has 29 heavy (non-hydrogen) atoms. The number of nitrogens with zero attached hydrogens (tertiary/aromatic N) is 2. The molecule has 1 aliphatic heterocycles. The van der Waals surface area contributed by atoms with Crippen molar-refractivity contribution in [2.75, 3.05) is 24.3 Å². The van der Waals surface area contributed by atoms with Gasteiger partial charge in [0.25, 0.3) is 0 Å². The highest BCUT2D eigenvalue weighted by Gasteiger charge is 2.14. The number of thioether (sulfide) groups is 1. The molecule has 0 atom stereocenters. The van der Waals surface area contributed by atoms with E-state index in [4.69, 9.17) is 13.9 Å². The Bertz CT molecular complexity index is 988. The molecule has 7 nitrogen and oxygen atoms in total. The summed E-state index contributed by atoms with van der Waals surface area (Å²) in [4.78, 5) is 13.2. The second kappa shape index (κ2) is 9.00. The van der Waals surface area contributed by atoms with Crippen LogP contribution in [0.4, 0.5) is 6.01 Å². The number of carbonyl (C=O) groups is 1. The third kappa shape index (κ3) is 5.29. The van der Waals surface area contributed by atoms with Crippen LogP contribution in [-0.4, -0.2) is 35.1 Å². The van der Waals surface area contributed by atoms with Gasteiger partial charge in [-0.2, -0.15) is 0 Å². The minimum Gasteiger partial charge on any atom is -0.486 e. The Labute approximate surface area is 172 Å². The van der Waals surface area contributed by atoms with E-state index in [-0.39, 0.29) is 11.9 Å². The van der Waals surface area contributed by atoms with Crippen molar-refractivity contribution in [3.05, 3.63) is 59.5 Å². The van der Waals surface area contributed by atoms with Crippen molar-refractivity contribution in [2.45, 2.75) is 24.7 Å². The summed E-state index contributed by atoms with van der Waals surface area (Å²) in [6.45, 7) is 3.15.